The predicted molar refractivity (Wildman–Crippen MR) is 112 cm³/mol. The Labute approximate surface area is 175 Å². The fourth-order valence-electron chi connectivity index (χ4n) is 3.27. The van der Waals surface area contributed by atoms with Gasteiger partial charge in [0.05, 0.1) is 17.5 Å². The number of aryl methyl sites for hydroxylation is 1. The molecule has 1 amide bonds. The molecule has 2 heterocycles. The van der Waals surface area contributed by atoms with Crippen molar-refractivity contribution in [2.45, 2.75) is 40.2 Å². The third-order valence-electron chi connectivity index (χ3n) is 4.75. The van der Waals surface area contributed by atoms with Crippen molar-refractivity contribution < 1.29 is 23.9 Å². The highest BCUT2D eigenvalue weighted by atomic mass is 32.1. The van der Waals surface area contributed by atoms with Gasteiger partial charge in [-0.3, -0.25) is 9.59 Å². The number of Topliss-reactive ketones (excluding diaryl/α,β-unsaturated/α-hetero) is 1. The third-order valence-corrected chi connectivity index (χ3v) is 5.61. The molecule has 2 aromatic rings. The molecule has 1 atom stereocenters. The van der Waals surface area contributed by atoms with E-state index in [4.69, 9.17) is 9.47 Å². The van der Waals surface area contributed by atoms with Gasteiger partial charge in [-0.05, 0) is 51.1 Å². The minimum Gasteiger partial charge on any atom is -0.461 e. The molecule has 0 aromatic carbocycles. The Morgan fingerprint density at radius 3 is 2.59 bits per heavy atom. The minimum absolute atomic E-state index is 0.187. The highest BCUT2D eigenvalue weighted by Crippen LogP contribution is 2.23. The highest BCUT2D eigenvalue weighted by molar-refractivity contribution is 7.12. The first-order chi connectivity index (χ1) is 13.8. The molecule has 0 saturated carbocycles. The SMILES string of the molecule is CCOC(=O)c1[nH]c(C)c(C(=O)[C@H](C)N(CCCOC)C(=O)c2cccs2)c1C. The van der Waals surface area contributed by atoms with E-state index in [0.29, 0.717) is 41.3 Å². The molecule has 0 aliphatic rings. The van der Waals surface area contributed by atoms with Gasteiger partial charge in [0.15, 0.2) is 5.78 Å². The van der Waals surface area contributed by atoms with Crippen molar-refractivity contribution in [2.75, 3.05) is 26.9 Å². The van der Waals surface area contributed by atoms with Crippen molar-refractivity contribution in [3.05, 3.63) is 44.9 Å². The third kappa shape index (κ3) is 5.13. The summed E-state index contributed by atoms with van der Waals surface area (Å²) in [7, 11) is 1.60. The van der Waals surface area contributed by atoms with Crippen molar-refractivity contribution in [3.63, 3.8) is 0 Å². The number of carbonyl (C=O) groups excluding carboxylic acids is 3. The van der Waals surface area contributed by atoms with Crippen LogP contribution < -0.4 is 0 Å². The van der Waals surface area contributed by atoms with E-state index >= 15 is 0 Å². The number of H-pyrrole nitrogens is 1. The van der Waals surface area contributed by atoms with Gasteiger partial charge in [0.25, 0.3) is 5.91 Å². The Hall–Kier alpha value is -2.45. The summed E-state index contributed by atoms with van der Waals surface area (Å²) in [5.74, 6) is -0.894. The second kappa shape index (κ2) is 10.4. The Kier molecular flexibility index (Phi) is 8.16. The summed E-state index contributed by atoms with van der Waals surface area (Å²) in [4.78, 5) is 43.6. The standard InChI is InChI=1S/C21H28N2O5S/c1-6-28-21(26)18-13(2)17(14(3)22-18)19(24)15(4)23(10-8-11-27-5)20(25)16-9-7-12-29-16/h7,9,12,15,22H,6,8,10-11H2,1-5H3/t15-/m0/s1. The summed E-state index contributed by atoms with van der Waals surface area (Å²) in [6.45, 7) is 8.04. The lowest BCUT2D eigenvalue weighted by Crippen LogP contribution is -2.44. The second-order valence-electron chi connectivity index (χ2n) is 6.71. The van der Waals surface area contributed by atoms with E-state index in [2.05, 4.69) is 4.98 Å². The molecule has 29 heavy (non-hydrogen) atoms. The molecule has 158 valence electrons. The van der Waals surface area contributed by atoms with Crippen LogP contribution >= 0.6 is 11.3 Å². The van der Waals surface area contributed by atoms with Gasteiger partial charge in [-0.25, -0.2) is 4.79 Å². The molecular weight excluding hydrogens is 392 g/mol. The number of aromatic nitrogens is 1. The largest absolute Gasteiger partial charge is 0.461 e. The molecule has 2 aromatic heterocycles. The van der Waals surface area contributed by atoms with Crippen molar-refractivity contribution in [3.8, 4) is 0 Å². The van der Waals surface area contributed by atoms with Crippen molar-refractivity contribution in [1.82, 2.24) is 9.88 Å². The quantitative estimate of drug-likeness (QED) is 0.360. The zero-order valence-electron chi connectivity index (χ0n) is 17.5. The van der Waals surface area contributed by atoms with Crippen LogP contribution in [0.3, 0.4) is 0 Å². The molecule has 0 aliphatic heterocycles. The van der Waals surface area contributed by atoms with E-state index in [0.717, 1.165) is 0 Å². The van der Waals surface area contributed by atoms with Gasteiger partial charge >= 0.3 is 5.97 Å². The van der Waals surface area contributed by atoms with Crippen LogP contribution in [0.15, 0.2) is 17.5 Å². The van der Waals surface area contributed by atoms with E-state index < -0.39 is 12.0 Å². The van der Waals surface area contributed by atoms with Gasteiger partial charge in [0.1, 0.15) is 5.69 Å². The molecule has 0 bridgehead atoms. The summed E-state index contributed by atoms with van der Waals surface area (Å²) >= 11 is 1.34. The van der Waals surface area contributed by atoms with E-state index in [1.165, 1.54) is 11.3 Å². The molecule has 0 aliphatic carbocycles. The first-order valence-electron chi connectivity index (χ1n) is 9.57. The number of carbonyl (C=O) groups is 3. The summed E-state index contributed by atoms with van der Waals surface area (Å²) < 4.78 is 10.2. The maximum atomic E-state index is 13.3. The number of nitrogens with zero attached hydrogens (tertiary/aromatic N) is 1. The Bertz CT molecular complexity index is 857. The fraction of sp³-hybridized carbons (Fsp3) is 0.476. The Morgan fingerprint density at radius 1 is 1.28 bits per heavy atom. The van der Waals surface area contributed by atoms with Gasteiger partial charge in [0.2, 0.25) is 0 Å². The first-order valence-corrected chi connectivity index (χ1v) is 10.4. The molecule has 0 saturated heterocycles. The molecular formula is C21H28N2O5S. The maximum Gasteiger partial charge on any atom is 0.355 e. The number of amides is 1. The zero-order valence-corrected chi connectivity index (χ0v) is 18.4. The molecule has 1 N–H and O–H groups in total. The molecule has 8 heteroatoms. The van der Waals surface area contributed by atoms with E-state index in [1.54, 1.807) is 45.8 Å². The van der Waals surface area contributed by atoms with Crippen LogP contribution in [0.25, 0.3) is 0 Å². The first kappa shape index (κ1) is 22.8. The zero-order chi connectivity index (χ0) is 21.6. The average Bonchev–Trinajstić information content (AvgIpc) is 3.32. The molecule has 0 spiro atoms. The summed E-state index contributed by atoms with van der Waals surface area (Å²) in [5, 5.41) is 1.83. The van der Waals surface area contributed by atoms with Crippen LogP contribution in [0.5, 0.6) is 0 Å². The van der Waals surface area contributed by atoms with Gasteiger partial charge in [0, 0.05) is 31.5 Å². The topological polar surface area (TPSA) is 88.7 Å². The van der Waals surface area contributed by atoms with Gasteiger partial charge < -0.3 is 19.4 Å². The van der Waals surface area contributed by atoms with E-state index in [-0.39, 0.29) is 24.0 Å². The van der Waals surface area contributed by atoms with E-state index in [1.807, 2.05) is 11.4 Å². The monoisotopic (exact) mass is 420 g/mol. The van der Waals surface area contributed by atoms with Crippen LogP contribution in [0.2, 0.25) is 0 Å². The number of ether oxygens (including phenoxy) is 2. The van der Waals surface area contributed by atoms with Gasteiger partial charge in [-0.1, -0.05) is 6.07 Å². The smallest absolute Gasteiger partial charge is 0.355 e. The lowest BCUT2D eigenvalue weighted by atomic mass is 9.99. The molecule has 0 unspecified atom stereocenters. The molecule has 2 rings (SSSR count). The number of methoxy groups -OCH3 is 1. The summed E-state index contributed by atoms with van der Waals surface area (Å²) in [5.41, 5.74) is 1.83. The van der Waals surface area contributed by atoms with Crippen molar-refractivity contribution in [1.29, 1.82) is 0 Å². The van der Waals surface area contributed by atoms with Crippen molar-refractivity contribution in [2.24, 2.45) is 0 Å². The average molecular weight is 421 g/mol. The number of ketones is 1. The van der Waals surface area contributed by atoms with Gasteiger partial charge in [-0.2, -0.15) is 0 Å². The highest BCUT2D eigenvalue weighted by Gasteiger charge is 2.31. The van der Waals surface area contributed by atoms with Crippen LogP contribution in [-0.4, -0.2) is 60.5 Å². The Morgan fingerprint density at radius 2 is 2.00 bits per heavy atom. The molecule has 0 fully saturated rings. The number of esters is 1. The minimum atomic E-state index is -0.690. The molecule has 0 radical (unpaired) electrons. The van der Waals surface area contributed by atoms with Gasteiger partial charge in [-0.15, -0.1) is 11.3 Å². The number of thiophene rings is 1. The Balaban J connectivity index is 2.33. The van der Waals surface area contributed by atoms with E-state index in [9.17, 15) is 14.4 Å². The summed E-state index contributed by atoms with van der Waals surface area (Å²) in [6, 6.07) is 2.87. The van der Waals surface area contributed by atoms with Crippen LogP contribution in [-0.2, 0) is 9.47 Å². The molecule has 7 nitrogen and oxygen atoms in total. The van der Waals surface area contributed by atoms with Crippen molar-refractivity contribution >= 4 is 29.0 Å². The fourth-order valence-corrected chi connectivity index (χ4v) is 3.95. The lowest BCUT2D eigenvalue weighted by Gasteiger charge is -2.28. The number of rotatable bonds is 10. The number of nitrogens with one attached hydrogen (secondary N) is 1. The van der Waals surface area contributed by atoms with Crippen LogP contribution in [0, 0.1) is 13.8 Å². The number of aromatic amines is 1. The van der Waals surface area contributed by atoms with Crippen LogP contribution in [0.4, 0.5) is 0 Å². The second-order valence-corrected chi connectivity index (χ2v) is 7.66. The predicted octanol–water partition coefficient (Wildman–Crippen LogP) is 3.62. The normalized spacial score (nSPS) is 11.9. The summed E-state index contributed by atoms with van der Waals surface area (Å²) in [6.07, 6.45) is 0.615. The lowest BCUT2D eigenvalue weighted by molar-refractivity contribution is 0.0518. The number of hydrogen-bond donors (Lipinski definition) is 1. The maximum absolute atomic E-state index is 13.3. The number of hydrogen-bond acceptors (Lipinski definition) is 6. The van der Waals surface area contributed by atoms with Crippen LogP contribution in [0.1, 0.15) is 62.0 Å².